The molecule has 0 aliphatic carbocycles. The fraction of sp³-hybridized carbons (Fsp3) is 0.182. The highest BCUT2D eigenvalue weighted by molar-refractivity contribution is 5.84. The van der Waals surface area contributed by atoms with Crippen molar-refractivity contribution in [3.63, 3.8) is 0 Å². The molecule has 17 heavy (non-hydrogen) atoms. The number of hydrogen-bond donors (Lipinski definition) is 3. The van der Waals surface area contributed by atoms with Gasteiger partial charge in [0, 0.05) is 30.1 Å². The van der Waals surface area contributed by atoms with E-state index >= 15 is 0 Å². The number of pyridine rings is 1. The van der Waals surface area contributed by atoms with Crippen molar-refractivity contribution in [1.82, 2.24) is 14.8 Å². The molecular weight excluding hydrogens is 216 g/mol. The summed E-state index contributed by atoms with van der Waals surface area (Å²) in [6.45, 7) is 0.855. The average molecular weight is 228 g/mol. The molecule has 86 valence electrons. The molecule has 0 amide bonds. The smallest absolute Gasteiger partial charge is 0.215 e. The van der Waals surface area contributed by atoms with Gasteiger partial charge in [-0.15, -0.1) is 0 Å². The lowest BCUT2D eigenvalue weighted by molar-refractivity contribution is 0.910. The summed E-state index contributed by atoms with van der Waals surface area (Å²) in [7, 11) is 0. The molecule has 1 aliphatic heterocycles. The van der Waals surface area contributed by atoms with Crippen LogP contribution in [0.25, 0.3) is 11.3 Å². The van der Waals surface area contributed by atoms with Gasteiger partial charge in [-0.3, -0.25) is 10.4 Å². The zero-order chi connectivity index (χ0) is 11.8. The highest BCUT2D eigenvalue weighted by Gasteiger charge is 2.24. The van der Waals surface area contributed by atoms with Crippen molar-refractivity contribution in [2.45, 2.75) is 6.42 Å². The van der Waals surface area contributed by atoms with Gasteiger partial charge < -0.3 is 11.1 Å². The van der Waals surface area contributed by atoms with E-state index in [1.54, 1.807) is 12.4 Å². The maximum Gasteiger partial charge on any atom is 0.215 e. The summed E-state index contributed by atoms with van der Waals surface area (Å²) < 4.78 is 1.44. The van der Waals surface area contributed by atoms with Crippen LogP contribution in [0.4, 0.5) is 5.82 Å². The lowest BCUT2D eigenvalue weighted by atomic mass is 10.1. The molecule has 3 heterocycles. The Bertz CT molecular complexity index is 571. The highest BCUT2D eigenvalue weighted by atomic mass is 15.4. The Morgan fingerprint density at radius 2 is 2.41 bits per heavy atom. The zero-order valence-corrected chi connectivity index (χ0v) is 9.14. The second-order valence-electron chi connectivity index (χ2n) is 3.89. The van der Waals surface area contributed by atoms with Crippen molar-refractivity contribution < 1.29 is 0 Å². The zero-order valence-electron chi connectivity index (χ0n) is 9.14. The minimum absolute atomic E-state index is 0.0780. The van der Waals surface area contributed by atoms with Gasteiger partial charge in [0.15, 0.2) is 0 Å². The summed E-state index contributed by atoms with van der Waals surface area (Å²) in [6, 6.07) is 3.83. The van der Waals surface area contributed by atoms with Gasteiger partial charge in [0.05, 0.1) is 5.69 Å². The van der Waals surface area contributed by atoms with Crippen LogP contribution in [-0.4, -0.2) is 27.3 Å². The third kappa shape index (κ3) is 1.45. The standard InChI is InChI=1S/C11H12N6/c12-11(13)17-10-8(3-5-15-10)9(16-17)7-2-1-4-14-6-7/h1-2,4,6,15H,3,5H2,(H3,12,13). The molecular formula is C11H12N6. The van der Waals surface area contributed by atoms with Crippen molar-refractivity contribution in [2.24, 2.45) is 5.73 Å². The molecule has 0 bridgehead atoms. The maximum absolute atomic E-state index is 7.50. The second kappa shape index (κ2) is 3.58. The van der Waals surface area contributed by atoms with Crippen molar-refractivity contribution in [3.8, 4) is 11.3 Å². The number of nitrogens with one attached hydrogen (secondary N) is 2. The van der Waals surface area contributed by atoms with Gasteiger partial charge in [-0.05, 0) is 18.6 Å². The molecule has 1 aliphatic rings. The molecule has 0 saturated carbocycles. The van der Waals surface area contributed by atoms with Gasteiger partial charge in [-0.1, -0.05) is 0 Å². The van der Waals surface area contributed by atoms with Crippen molar-refractivity contribution >= 4 is 11.8 Å². The first-order chi connectivity index (χ1) is 8.27. The summed E-state index contributed by atoms with van der Waals surface area (Å²) in [6.07, 6.45) is 4.39. The molecule has 0 saturated heterocycles. The van der Waals surface area contributed by atoms with Gasteiger partial charge in [-0.2, -0.15) is 9.78 Å². The predicted octanol–water partition coefficient (Wildman–Crippen LogP) is 0.655. The Morgan fingerprint density at radius 1 is 1.53 bits per heavy atom. The Morgan fingerprint density at radius 3 is 3.12 bits per heavy atom. The quantitative estimate of drug-likeness (QED) is 0.493. The molecule has 2 aromatic rings. The Kier molecular flexibility index (Phi) is 2.07. The Balaban J connectivity index is 2.19. The van der Waals surface area contributed by atoms with E-state index in [1.807, 2.05) is 12.1 Å². The molecule has 6 heteroatoms. The topological polar surface area (TPSA) is 92.6 Å². The number of nitrogens with zero attached hydrogens (tertiary/aromatic N) is 3. The Labute approximate surface area is 98.0 Å². The van der Waals surface area contributed by atoms with Crippen LogP contribution in [-0.2, 0) is 6.42 Å². The van der Waals surface area contributed by atoms with Crippen LogP contribution in [0.3, 0.4) is 0 Å². The molecule has 2 aromatic heterocycles. The van der Waals surface area contributed by atoms with Crippen LogP contribution in [0, 0.1) is 5.41 Å². The molecule has 0 unspecified atom stereocenters. The van der Waals surface area contributed by atoms with Crippen molar-refractivity contribution in [3.05, 3.63) is 30.1 Å². The SMILES string of the molecule is N=C(N)n1nc(-c2cccnc2)c2c1NCC2. The van der Waals surface area contributed by atoms with Crippen LogP contribution in [0.5, 0.6) is 0 Å². The van der Waals surface area contributed by atoms with E-state index in [0.717, 1.165) is 35.6 Å². The van der Waals surface area contributed by atoms with Gasteiger partial charge in [0.25, 0.3) is 0 Å². The fourth-order valence-electron chi connectivity index (χ4n) is 2.08. The number of aromatic nitrogens is 3. The molecule has 0 fully saturated rings. The fourth-order valence-corrected chi connectivity index (χ4v) is 2.08. The monoisotopic (exact) mass is 228 g/mol. The molecule has 4 N–H and O–H groups in total. The molecule has 0 atom stereocenters. The van der Waals surface area contributed by atoms with Crippen molar-refractivity contribution in [2.75, 3.05) is 11.9 Å². The third-order valence-electron chi connectivity index (χ3n) is 2.81. The number of nitrogens with two attached hydrogens (primary N) is 1. The minimum Gasteiger partial charge on any atom is -0.369 e. The average Bonchev–Trinajstić information content (AvgIpc) is 2.90. The first-order valence-corrected chi connectivity index (χ1v) is 5.38. The van der Waals surface area contributed by atoms with Gasteiger partial charge in [0.2, 0.25) is 5.96 Å². The Hall–Kier alpha value is -2.37. The summed E-state index contributed by atoms with van der Waals surface area (Å²) in [5.41, 5.74) is 8.42. The minimum atomic E-state index is -0.0780. The number of anilines is 1. The van der Waals surface area contributed by atoms with Gasteiger partial charge >= 0.3 is 0 Å². The van der Waals surface area contributed by atoms with Crippen LogP contribution >= 0.6 is 0 Å². The predicted molar refractivity (Wildman–Crippen MR) is 65.0 cm³/mol. The normalized spacial score (nSPS) is 13.2. The second-order valence-corrected chi connectivity index (χ2v) is 3.89. The van der Waals surface area contributed by atoms with E-state index in [-0.39, 0.29) is 5.96 Å². The lowest BCUT2D eigenvalue weighted by Crippen LogP contribution is -2.23. The third-order valence-corrected chi connectivity index (χ3v) is 2.81. The highest BCUT2D eigenvalue weighted by Crippen LogP contribution is 2.31. The molecule has 0 aromatic carbocycles. The number of fused-ring (bicyclic) bond motifs is 1. The van der Waals surface area contributed by atoms with Gasteiger partial charge in [-0.25, -0.2) is 0 Å². The first-order valence-electron chi connectivity index (χ1n) is 5.38. The first kappa shape index (κ1) is 9.83. The number of rotatable bonds is 1. The van der Waals surface area contributed by atoms with E-state index in [1.165, 1.54) is 4.68 Å². The van der Waals surface area contributed by atoms with Gasteiger partial charge in [0.1, 0.15) is 5.82 Å². The van der Waals surface area contributed by atoms with E-state index in [9.17, 15) is 0 Å². The molecule has 0 spiro atoms. The van der Waals surface area contributed by atoms with Crippen LogP contribution in [0.1, 0.15) is 5.56 Å². The van der Waals surface area contributed by atoms with Crippen molar-refractivity contribution in [1.29, 1.82) is 5.41 Å². The maximum atomic E-state index is 7.50. The van der Waals surface area contributed by atoms with Crippen LogP contribution in [0.15, 0.2) is 24.5 Å². The van der Waals surface area contributed by atoms with E-state index in [4.69, 9.17) is 11.1 Å². The summed E-state index contributed by atoms with van der Waals surface area (Å²) >= 11 is 0. The van der Waals surface area contributed by atoms with E-state index in [0.29, 0.717) is 0 Å². The van der Waals surface area contributed by atoms with Crippen LogP contribution in [0.2, 0.25) is 0 Å². The summed E-state index contributed by atoms with van der Waals surface area (Å²) in [5, 5.41) is 15.1. The summed E-state index contributed by atoms with van der Waals surface area (Å²) in [4.78, 5) is 4.09. The van der Waals surface area contributed by atoms with E-state index in [2.05, 4.69) is 15.4 Å². The van der Waals surface area contributed by atoms with E-state index < -0.39 is 0 Å². The van der Waals surface area contributed by atoms with Crippen LogP contribution < -0.4 is 11.1 Å². The number of nitrogen functional groups attached to an aromatic ring is 1. The number of hydrogen-bond acceptors (Lipinski definition) is 4. The molecule has 3 rings (SSSR count). The molecule has 0 radical (unpaired) electrons. The lowest BCUT2D eigenvalue weighted by Gasteiger charge is -2.02. The summed E-state index contributed by atoms with van der Waals surface area (Å²) in [5.74, 6) is 0.752. The molecule has 6 nitrogen and oxygen atoms in total. The largest absolute Gasteiger partial charge is 0.369 e.